The molecule has 0 saturated heterocycles. The van der Waals surface area contributed by atoms with Gasteiger partial charge >= 0.3 is 17.9 Å². The lowest BCUT2D eigenvalue weighted by atomic mass is 10.0. The lowest BCUT2D eigenvalue weighted by Crippen LogP contribution is -2.30. The fourth-order valence-electron chi connectivity index (χ4n) is 7.86. The zero-order chi connectivity index (χ0) is 42.4. The van der Waals surface area contributed by atoms with Crippen LogP contribution in [0.15, 0.2) is 0 Å². The van der Waals surface area contributed by atoms with Crippen molar-refractivity contribution in [3.05, 3.63) is 0 Å². The molecule has 0 spiro atoms. The zero-order valence-corrected chi connectivity index (χ0v) is 39.5. The lowest BCUT2D eigenvalue weighted by molar-refractivity contribution is -0.167. The van der Waals surface area contributed by atoms with Crippen LogP contribution in [0, 0.1) is 5.92 Å². The van der Waals surface area contributed by atoms with Crippen LogP contribution in [0.2, 0.25) is 0 Å². The maximum absolute atomic E-state index is 12.8. The smallest absolute Gasteiger partial charge is 0.306 e. The van der Waals surface area contributed by atoms with Gasteiger partial charge in [-0.1, -0.05) is 252 Å². The highest BCUT2D eigenvalue weighted by Crippen LogP contribution is 2.17. The molecule has 0 aliphatic carbocycles. The molecule has 0 aromatic heterocycles. The van der Waals surface area contributed by atoms with Crippen LogP contribution < -0.4 is 0 Å². The van der Waals surface area contributed by atoms with Gasteiger partial charge in [-0.05, 0) is 25.2 Å². The van der Waals surface area contributed by atoms with Gasteiger partial charge in [-0.3, -0.25) is 14.4 Å². The van der Waals surface area contributed by atoms with E-state index in [4.69, 9.17) is 14.2 Å². The molecule has 0 radical (unpaired) electrons. The Morgan fingerprint density at radius 2 is 0.569 bits per heavy atom. The van der Waals surface area contributed by atoms with Crippen molar-refractivity contribution in [2.75, 3.05) is 13.2 Å². The van der Waals surface area contributed by atoms with Crippen molar-refractivity contribution < 1.29 is 28.6 Å². The molecule has 0 aromatic carbocycles. The number of esters is 3. The summed E-state index contributed by atoms with van der Waals surface area (Å²) < 4.78 is 16.8. The van der Waals surface area contributed by atoms with Gasteiger partial charge in [-0.15, -0.1) is 0 Å². The Hall–Kier alpha value is -1.59. The van der Waals surface area contributed by atoms with E-state index < -0.39 is 6.10 Å². The number of unbranched alkanes of at least 4 members (excludes halogenated alkanes) is 34. The van der Waals surface area contributed by atoms with E-state index in [0.717, 1.165) is 63.7 Å². The number of hydrogen-bond acceptors (Lipinski definition) is 6. The van der Waals surface area contributed by atoms with Crippen molar-refractivity contribution in [3.8, 4) is 0 Å². The van der Waals surface area contributed by atoms with Crippen LogP contribution in [0.4, 0.5) is 0 Å². The van der Waals surface area contributed by atoms with Gasteiger partial charge < -0.3 is 14.2 Å². The molecule has 6 heteroatoms. The van der Waals surface area contributed by atoms with Gasteiger partial charge in [0.05, 0.1) is 0 Å². The van der Waals surface area contributed by atoms with Crippen LogP contribution in [0.3, 0.4) is 0 Å². The molecule has 0 aromatic rings. The molecule has 58 heavy (non-hydrogen) atoms. The fourth-order valence-corrected chi connectivity index (χ4v) is 7.86. The summed E-state index contributed by atoms with van der Waals surface area (Å²) in [6, 6.07) is 0. The zero-order valence-electron chi connectivity index (χ0n) is 39.5. The van der Waals surface area contributed by atoms with Crippen molar-refractivity contribution in [1.82, 2.24) is 0 Å². The normalized spacial score (nSPS) is 11.9. The minimum Gasteiger partial charge on any atom is -0.462 e. The quantitative estimate of drug-likeness (QED) is 0.0346. The van der Waals surface area contributed by atoms with Crippen LogP contribution in [-0.4, -0.2) is 37.2 Å². The summed E-state index contributed by atoms with van der Waals surface area (Å²) in [5.41, 5.74) is 0. The molecule has 6 nitrogen and oxygen atoms in total. The summed E-state index contributed by atoms with van der Waals surface area (Å²) in [4.78, 5) is 37.9. The summed E-state index contributed by atoms with van der Waals surface area (Å²) in [5.74, 6) is 0.00237. The highest BCUT2D eigenvalue weighted by Gasteiger charge is 2.19. The van der Waals surface area contributed by atoms with E-state index in [9.17, 15) is 14.4 Å². The number of carbonyl (C=O) groups excluding carboxylic acids is 3. The summed E-state index contributed by atoms with van der Waals surface area (Å²) in [5, 5.41) is 0. The summed E-state index contributed by atoms with van der Waals surface area (Å²) in [6.45, 7) is 9.03. The lowest BCUT2D eigenvalue weighted by Gasteiger charge is -2.18. The fraction of sp³-hybridized carbons (Fsp3) is 0.942. The van der Waals surface area contributed by atoms with E-state index in [1.165, 1.54) is 186 Å². The van der Waals surface area contributed by atoms with Gasteiger partial charge in [0.15, 0.2) is 6.10 Å². The molecule has 0 aliphatic heterocycles. The van der Waals surface area contributed by atoms with Crippen LogP contribution in [0.1, 0.15) is 291 Å². The van der Waals surface area contributed by atoms with Gasteiger partial charge in [0.1, 0.15) is 13.2 Å². The Kier molecular flexibility index (Phi) is 45.2. The highest BCUT2D eigenvalue weighted by atomic mass is 16.6. The number of hydrogen-bond donors (Lipinski definition) is 0. The van der Waals surface area contributed by atoms with Gasteiger partial charge in [-0.25, -0.2) is 0 Å². The molecule has 0 N–H and O–H groups in total. The van der Waals surface area contributed by atoms with Crippen molar-refractivity contribution in [2.45, 2.75) is 297 Å². The third kappa shape index (κ3) is 45.5. The second-order valence-corrected chi connectivity index (χ2v) is 18.3. The van der Waals surface area contributed by atoms with Crippen molar-refractivity contribution in [3.63, 3.8) is 0 Å². The van der Waals surface area contributed by atoms with Crippen molar-refractivity contribution in [1.29, 1.82) is 0 Å². The first-order valence-corrected chi connectivity index (χ1v) is 25.9. The first-order chi connectivity index (χ1) is 28.4. The molecular weight excluding hydrogens is 721 g/mol. The summed E-state index contributed by atoms with van der Waals surface area (Å²) in [6.07, 6.45) is 48.0. The minimum absolute atomic E-state index is 0.0627. The maximum atomic E-state index is 12.8. The first-order valence-electron chi connectivity index (χ1n) is 25.9. The van der Waals surface area contributed by atoms with Gasteiger partial charge in [0.25, 0.3) is 0 Å². The number of carbonyl (C=O) groups is 3. The van der Waals surface area contributed by atoms with E-state index in [2.05, 4.69) is 27.7 Å². The Balaban J connectivity index is 4.26. The average Bonchev–Trinajstić information content (AvgIpc) is 3.21. The van der Waals surface area contributed by atoms with E-state index in [1.807, 2.05) is 0 Å². The molecular formula is C52H100O6. The molecule has 0 heterocycles. The SMILES string of the molecule is CCCCCCCCCCCCCCC(=O)OC[C@@H](COC(=O)CCCCCCCCCCCC)OC(=O)CCCCCCCCCCCCCCCCCC(C)C. The molecule has 0 unspecified atom stereocenters. The van der Waals surface area contributed by atoms with Crippen molar-refractivity contribution >= 4 is 17.9 Å². The predicted molar refractivity (Wildman–Crippen MR) is 247 cm³/mol. The van der Waals surface area contributed by atoms with Crippen LogP contribution in [0.25, 0.3) is 0 Å². The van der Waals surface area contributed by atoms with E-state index in [1.54, 1.807) is 0 Å². The highest BCUT2D eigenvalue weighted by molar-refractivity contribution is 5.71. The second kappa shape index (κ2) is 46.5. The number of ether oxygens (including phenoxy) is 3. The van der Waals surface area contributed by atoms with Crippen LogP contribution in [-0.2, 0) is 28.6 Å². The maximum Gasteiger partial charge on any atom is 0.306 e. The molecule has 344 valence electrons. The standard InChI is InChI=1S/C52H100O6/c1-5-7-9-11-13-15-17-24-28-32-36-40-44-51(54)57-47-49(46-56-50(53)43-39-35-31-27-16-14-12-10-8-6-2)58-52(55)45-41-37-33-29-25-22-20-18-19-21-23-26-30-34-38-42-48(3)4/h48-49H,5-47H2,1-4H3/t49-/m1/s1. The van der Waals surface area contributed by atoms with Gasteiger partial charge in [0, 0.05) is 19.3 Å². The van der Waals surface area contributed by atoms with Crippen LogP contribution >= 0.6 is 0 Å². The Labute approximate surface area is 361 Å². The minimum atomic E-state index is -0.759. The molecule has 1 atom stereocenters. The monoisotopic (exact) mass is 821 g/mol. The Morgan fingerprint density at radius 1 is 0.328 bits per heavy atom. The third-order valence-corrected chi connectivity index (χ3v) is 11.8. The predicted octanol–water partition coefficient (Wildman–Crippen LogP) is 16.7. The summed E-state index contributed by atoms with van der Waals surface area (Å²) >= 11 is 0. The molecule has 0 amide bonds. The Bertz CT molecular complexity index is 872. The third-order valence-electron chi connectivity index (χ3n) is 11.8. The van der Waals surface area contributed by atoms with E-state index >= 15 is 0 Å². The van der Waals surface area contributed by atoms with Gasteiger partial charge in [0.2, 0.25) is 0 Å². The molecule has 0 saturated carbocycles. The molecule has 0 aliphatic rings. The van der Waals surface area contributed by atoms with Gasteiger partial charge in [-0.2, -0.15) is 0 Å². The Morgan fingerprint density at radius 3 is 0.845 bits per heavy atom. The largest absolute Gasteiger partial charge is 0.462 e. The van der Waals surface area contributed by atoms with E-state index in [0.29, 0.717) is 19.3 Å². The second-order valence-electron chi connectivity index (χ2n) is 18.3. The van der Waals surface area contributed by atoms with Crippen molar-refractivity contribution in [2.24, 2.45) is 5.92 Å². The van der Waals surface area contributed by atoms with Crippen LogP contribution in [0.5, 0.6) is 0 Å². The topological polar surface area (TPSA) is 78.9 Å². The first kappa shape index (κ1) is 56.4. The number of rotatable bonds is 47. The average molecular weight is 821 g/mol. The molecule has 0 bridgehead atoms. The molecule has 0 fully saturated rings. The molecule has 0 rings (SSSR count). The summed E-state index contributed by atoms with van der Waals surface area (Å²) in [7, 11) is 0. The van der Waals surface area contributed by atoms with E-state index in [-0.39, 0.29) is 31.1 Å².